The van der Waals surface area contributed by atoms with Crippen LogP contribution >= 0.6 is 0 Å². The van der Waals surface area contributed by atoms with Crippen LogP contribution in [0.4, 0.5) is 5.69 Å². The van der Waals surface area contributed by atoms with Crippen molar-refractivity contribution in [2.45, 2.75) is 13.3 Å². The molecule has 0 saturated carbocycles. The zero-order valence-corrected chi connectivity index (χ0v) is 11.5. The number of benzene rings is 1. The molecular formula is C11H20N2O5S. The fourth-order valence-electron chi connectivity index (χ4n) is 1.33. The minimum absolute atomic E-state index is 0.195. The monoisotopic (exact) mass is 292 g/mol. The Morgan fingerprint density at radius 2 is 1.84 bits per heavy atom. The highest BCUT2D eigenvalue weighted by molar-refractivity contribution is 7.79. The summed E-state index contributed by atoms with van der Waals surface area (Å²) in [5.74, 6) is 0. The molecule has 0 heterocycles. The van der Waals surface area contributed by atoms with Crippen molar-refractivity contribution in [1.29, 1.82) is 0 Å². The lowest BCUT2D eigenvalue weighted by molar-refractivity contribution is 0.293. The molecule has 110 valence electrons. The molecule has 0 aliphatic carbocycles. The minimum Gasteiger partial charge on any atom is -0.399 e. The number of aliphatic hydroxyl groups excluding tert-OH is 1. The smallest absolute Gasteiger partial charge is 0.394 e. The number of nitrogens with two attached hydrogens (primary N) is 1. The average Bonchev–Trinajstić information content (AvgIpc) is 2.27. The van der Waals surface area contributed by atoms with Crippen molar-refractivity contribution in [2.75, 3.05) is 25.4 Å². The van der Waals surface area contributed by atoms with Crippen LogP contribution in [0.5, 0.6) is 0 Å². The first kappa shape index (κ1) is 17.8. The number of rotatable bonds is 5. The average molecular weight is 292 g/mol. The quantitative estimate of drug-likeness (QED) is 0.294. The van der Waals surface area contributed by atoms with Crippen LogP contribution in [-0.2, 0) is 16.8 Å². The van der Waals surface area contributed by atoms with Gasteiger partial charge in [0.2, 0.25) is 0 Å². The minimum atomic E-state index is -4.67. The Balaban J connectivity index is 0.000000555. The Labute approximate surface area is 113 Å². The molecule has 0 amide bonds. The van der Waals surface area contributed by atoms with Gasteiger partial charge in [0, 0.05) is 12.2 Å². The summed E-state index contributed by atoms with van der Waals surface area (Å²) >= 11 is 0. The summed E-state index contributed by atoms with van der Waals surface area (Å²) in [7, 11) is -4.67. The Morgan fingerprint density at radius 1 is 1.26 bits per heavy atom. The summed E-state index contributed by atoms with van der Waals surface area (Å²) in [5, 5.41) is 11.7. The van der Waals surface area contributed by atoms with Crippen LogP contribution in [0.1, 0.15) is 11.1 Å². The summed E-state index contributed by atoms with van der Waals surface area (Å²) in [6.45, 7) is 3.76. The van der Waals surface area contributed by atoms with Crippen LogP contribution in [0, 0.1) is 6.92 Å². The molecule has 0 bridgehead atoms. The molecule has 19 heavy (non-hydrogen) atoms. The first-order chi connectivity index (χ1) is 8.74. The highest BCUT2D eigenvalue weighted by Gasteiger charge is 1.96. The van der Waals surface area contributed by atoms with Gasteiger partial charge >= 0.3 is 10.4 Å². The summed E-state index contributed by atoms with van der Waals surface area (Å²) in [4.78, 5) is 0. The van der Waals surface area contributed by atoms with E-state index in [-0.39, 0.29) is 6.61 Å². The number of hydrogen-bond acceptors (Lipinski definition) is 5. The lowest BCUT2D eigenvalue weighted by Gasteiger charge is -2.05. The number of hydrogen-bond donors (Lipinski definition) is 5. The lowest BCUT2D eigenvalue weighted by Crippen LogP contribution is -2.20. The van der Waals surface area contributed by atoms with Crippen molar-refractivity contribution in [3.8, 4) is 0 Å². The van der Waals surface area contributed by atoms with E-state index in [4.69, 9.17) is 28.4 Å². The van der Waals surface area contributed by atoms with Crippen molar-refractivity contribution in [2.24, 2.45) is 0 Å². The van der Waals surface area contributed by atoms with Crippen molar-refractivity contribution < 1.29 is 22.6 Å². The molecule has 8 heteroatoms. The van der Waals surface area contributed by atoms with Crippen LogP contribution in [0.15, 0.2) is 18.2 Å². The predicted molar refractivity (Wildman–Crippen MR) is 73.4 cm³/mol. The molecule has 0 aliphatic rings. The molecule has 0 radical (unpaired) electrons. The van der Waals surface area contributed by atoms with Gasteiger partial charge in [-0.2, -0.15) is 8.42 Å². The highest BCUT2D eigenvalue weighted by atomic mass is 32.3. The molecule has 1 aromatic carbocycles. The van der Waals surface area contributed by atoms with Gasteiger partial charge in [-0.3, -0.25) is 9.11 Å². The topological polar surface area (TPSA) is 133 Å². The van der Waals surface area contributed by atoms with Gasteiger partial charge in [-0.15, -0.1) is 0 Å². The van der Waals surface area contributed by atoms with Gasteiger partial charge in [0.25, 0.3) is 0 Å². The Kier molecular flexibility index (Phi) is 8.28. The number of nitrogen functional groups attached to an aromatic ring is 1. The van der Waals surface area contributed by atoms with Crippen molar-refractivity contribution in [3.05, 3.63) is 29.3 Å². The van der Waals surface area contributed by atoms with Gasteiger partial charge < -0.3 is 16.2 Å². The molecule has 0 fully saturated rings. The highest BCUT2D eigenvalue weighted by Crippen LogP contribution is 2.12. The third-order valence-corrected chi connectivity index (χ3v) is 2.21. The van der Waals surface area contributed by atoms with Crippen LogP contribution < -0.4 is 11.1 Å². The second-order valence-corrected chi connectivity index (χ2v) is 4.76. The first-order valence-corrected chi connectivity index (χ1v) is 7.00. The van der Waals surface area contributed by atoms with E-state index in [9.17, 15) is 0 Å². The van der Waals surface area contributed by atoms with Crippen LogP contribution in [-0.4, -0.2) is 42.3 Å². The molecule has 0 saturated heterocycles. The predicted octanol–water partition coefficient (Wildman–Crippen LogP) is 0.0488. The number of anilines is 1. The van der Waals surface area contributed by atoms with Crippen LogP contribution in [0.3, 0.4) is 0 Å². The van der Waals surface area contributed by atoms with Crippen molar-refractivity contribution in [3.63, 3.8) is 0 Å². The Morgan fingerprint density at radius 3 is 2.32 bits per heavy atom. The third-order valence-electron chi connectivity index (χ3n) is 2.21. The van der Waals surface area contributed by atoms with Gasteiger partial charge in [0.15, 0.2) is 0 Å². The molecule has 0 aliphatic heterocycles. The van der Waals surface area contributed by atoms with Crippen LogP contribution in [0.25, 0.3) is 0 Å². The fraction of sp³-hybridized carbons (Fsp3) is 0.455. The molecular weight excluding hydrogens is 272 g/mol. The lowest BCUT2D eigenvalue weighted by atomic mass is 10.1. The first-order valence-electron chi connectivity index (χ1n) is 5.60. The van der Waals surface area contributed by atoms with E-state index in [0.717, 1.165) is 24.2 Å². The number of nitrogens with one attached hydrogen (secondary N) is 1. The standard InChI is InChI=1S/C11H18N2O.H2O4S/c1-9-8-10(2-3-11(9)12)4-5-13-6-7-14;1-5(2,3)4/h2-3,8,13-14H,4-7,12H2,1H3;(H2,1,2,3,4). The van der Waals surface area contributed by atoms with Crippen molar-refractivity contribution in [1.82, 2.24) is 5.32 Å². The van der Waals surface area contributed by atoms with Crippen molar-refractivity contribution >= 4 is 16.1 Å². The SMILES string of the molecule is Cc1cc(CCNCCO)ccc1N.O=S(=O)(O)O. The molecule has 0 aromatic heterocycles. The molecule has 0 spiro atoms. The maximum absolute atomic E-state index is 8.74. The second-order valence-electron chi connectivity index (χ2n) is 3.86. The molecule has 1 rings (SSSR count). The van der Waals surface area contributed by atoms with E-state index < -0.39 is 10.4 Å². The Bertz CT molecular complexity index is 468. The van der Waals surface area contributed by atoms with E-state index in [1.165, 1.54) is 5.56 Å². The second kappa shape index (κ2) is 8.83. The maximum Gasteiger partial charge on any atom is 0.394 e. The van der Waals surface area contributed by atoms with E-state index in [2.05, 4.69) is 11.4 Å². The van der Waals surface area contributed by atoms with Crippen LogP contribution in [0.2, 0.25) is 0 Å². The fourth-order valence-corrected chi connectivity index (χ4v) is 1.33. The van der Waals surface area contributed by atoms with E-state index >= 15 is 0 Å². The van der Waals surface area contributed by atoms with Gasteiger partial charge in [-0.05, 0) is 37.1 Å². The number of aryl methyl sites for hydroxylation is 1. The zero-order valence-electron chi connectivity index (χ0n) is 10.7. The van der Waals surface area contributed by atoms with Gasteiger partial charge in [0.05, 0.1) is 6.61 Å². The normalized spacial score (nSPS) is 10.7. The molecule has 0 atom stereocenters. The largest absolute Gasteiger partial charge is 0.399 e. The molecule has 6 N–H and O–H groups in total. The summed E-state index contributed by atoms with van der Waals surface area (Å²) in [6, 6.07) is 6.09. The Hall–Kier alpha value is -1.19. The molecule has 0 unspecified atom stereocenters. The van der Waals surface area contributed by atoms with Gasteiger partial charge in [-0.25, -0.2) is 0 Å². The summed E-state index contributed by atoms with van der Waals surface area (Å²) < 4.78 is 31.6. The number of aliphatic hydroxyl groups is 1. The van der Waals surface area contributed by atoms with E-state index in [1.54, 1.807) is 0 Å². The maximum atomic E-state index is 8.74. The van der Waals surface area contributed by atoms with E-state index in [1.807, 2.05) is 19.1 Å². The van der Waals surface area contributed by atoms with Gasteiger partial charge in [-0.1, -0.05) is 12.1 Å². The molecule has 7 nitrogen and oxygen atoms in total. The summed E-state index contributed by atoms with van der Waals surface area (Å²) in [6.07, 6.45) is 0.973. The third kappa shape index (κ3) is 11.6. The zero-order chi connectivity index (χ0) is 14.9. The van der Waals surface area contributed by atoms with E-state index in [0.29, 0.717) is 6.54 Å². The summed E-state index contributed by atoms with van der Waals surface area (Å²) in [5.41, 5.74) is 8.97. The molecule has 1 aromatic rings. The van der Waals surface area contributed by atoms with Gasteiger partial charge in [0.1, 0.15) is 0 Å².